The van der Waals surface area contributed by atoms with Crippen LogP contribution in [0.15, 0.2) is 36.4 Å². The Morgan fingerprint density at radius 2 is 1.67 bits per heavy atom. The SMILES string of the molecule is Cc1ccc(C(=O)c2ccccc2N)c(F)c1F. The van der Waals surface area contributed by atoms with E-state index in [4.69, 9.17) is 5.73 Å². The van der Waals surface area contributed by atoms with Crippen molar-refractivity contribution in [2.45, 2.75) is 6.92 Å². The van der Waals surface area contributed by atoms with Crippen molar-refractivity contribution >= 4 is 11.5 Å². The second-order valence-electron chi connectivity index (χ2n) is 3.97. The minimum absolute atomic E-state index is 0.157. The highest BCUT2D eigenvalue weighted by Gasteiger charge is 2.19. The Hall–Kier alpha value is -2.23. The molecule has 0 spiro atoms. The van der Waals surface area contributed by atoms with Gasteiger partial charge in [-0.05, 0) is 30.7 Å². The van der Waals surface area contributed by atoms with Crippen molar-refractivity contribution in [2.75, 3.05) is 5.73 Å². The van der Waals surface area contributed by atoms with Crippen molar-refractivity contribution in [3.05, 3.63) is 64.7 Å². The zero-order valence-corrected chi connectivity index (χ0v) is 9.71. The predicted molar refractivity (Wildman–Crippen MR) is 65.4 cm³/mol. The van der Waals surface area contributed by atoms with Gasteiger partial charge in [-0.3, -0.25) is 4.79 Å². The lowest BCUT2D eigenvalue weighted by Crippen LogP contribution is -2.09. The van der Waals surface area contributed by atoms with E-state index in [0.29, 0.717) is 0 Å². The second kappa shape index (κ2) is 4.56. The average Bonchev–Trinajstić information content (AvgIpc) is 2.36. The fourth-order valence-corrected chi connectivity index (χ4v) is 1.67. The molecule has 0 amide bonds. The molecule has 2 N–H and O–H groups in total. The fourth-order valence-electron chi connectivity index (χ4n) is 1.67. The average molecular weight is 247 g/mol. The van der Waals surface area contributed by atoms with Gasteiger partial charge in [0.25, 0.3) is 0 Å². The van der Waals surface area contributed by atoms with Crippen molar-refractivity contribution in [1.29, 1.82) is 0 Å². The summed E-state index contributed by atoms with van der Waals surface area (Å²) in [5.41, 5.74) is 5.89. The molecule has 0 aliphatic carbocycles. The van der Waals surface area contributed by atoms with Crippen LogP contribution in [0.25, 0.3) is 0 Å². The van der Waals surface area contributed by atoms with E-state index in [1.165, 1.54) is 31.2 Å². The molecular formula is C14H11F2NO. The molecule has 2 rings (SSSR count). The van der Waals surface area contributed by atoms with Crippen molar-refractivity contribution in [3.63, 3.8) is 0 Å². The summed E-state index contributed by atoms with van der Waals surface area (Å²) in [4.78, 5) is 12.1. The number of anilines is 1. The number of para-hydroxylation sites is 1. The van der Waals surface area contributed by atoms with Gasteiger partial charge in [0.15, 0.2) is 17.4 Å². The van der Waals surface area contributed by atoms with Gasteiger partial charge in [-0.1, -0.05) is 18.2 Å². The lowest BCUT2D eigenvalue weighted by Gasteiger charge is -2.07. The zero-order chi connectivity index (χ0) is 13.3. The molecule has 4 heteroatoms. The third-order valence-corrected chi connectivity index (χ3v) is 2.73. The van der Waals surface area contributed by atoms with Gasteiger partial charge in [0.2, 0.25) is 0 Å². The standard InChI is InChI=1S/C14H11F2NO/c1-8-6-7-10(13(16)12(8)15)14(18)9-4-2-3-5-11(9)17/h2-7H,17H2,1H3. The van der Waals surface area contributed by atoms with E-state index in [2.05, 4.69) is 0 Å². The van der Waals surface area contributed by atoms with Gasteiger partial charge in [0, 0.05) is 11.3 Å². The molecule has 0 aliphatic rings. The molecule has 2 aromatic carbocycles. The molecule has 92 valence electrons. The van der Waals surface area contributed by atoms with Crippen molar-refractivity contribution in [1.82, 2.24) is 0 Å². The Balaban J connectivity index is 2.54. The largest absolute Gasteiger partial charge is 0.398 e. The highest BCUT2D eigenvalue weighted by Crippen LogP contribution is 2.21. The number of nitrogens with two attached hydrogens (primary N) is 1. The molecule has 0 atom stereocenters. The number of halogens is 2. The number of rotatable bonds is 2. The van der Waals surface area contributed by atoms with Crippen molar-refractivity contribution < 1.29 is 13.6 Å². The topological polar surface area (TPSA) is 43.1 Å². The van der Waals surface area contributed by atoms with E-state index in [1.54, 1.807) is 12.1 Å². The maximum Gasteiger partial charge on any atom is 0.198 e. The number of carbonyl (C=O) groups is 1. The highest BCUT2D eigenvalue weighted by molar-refractivity contribution is 6.12. The molecule has 0 bridgehead atoms. The van der Waals surface area contributed by atoms with Gasteiger partial charge in [-0.2, -0.15) is 0 Å². The first kappa shape index (κ1) is 12.2. The lowest BCUT2D eigenvalue weighted by atomic mass is 10.00. The lowest BCUT2D eigenvalue weighted by molar-refractivity contribution is 0.103. The van der Waals surface area contributed by atoms with Gasteiger partial charge < -0.3 is 5.73 Å². The number of benzene rings is 2. The van der Waals surface area contributed by atoms with Gasteiger partial charge in [0.05, 0.1) is 5.56 Å². The molecule has 0 fully saturated rings. The normalized spacial score (nSPS) is 10.4. The smallest absolute Gasteiger partial charge is 0.198 e. The monoisotopic (exact) mass is 247 g/mol. The summed E-state index contributed by atoms with van der Waals surface area (Å²) in [6.45, 7) is 1.43. The number of aryl methyl sites for hydroxylation is 1. The van der Waals surface area contributed by atoms with Gasteiger partial charge in [0.1, 0.15) is 0 Å². The quantitative estimate of drug-likeness (QED) is 0.654. The van der Waals surface area contributed by atoms with Crippen LogP contribution in [0.1, 0.15) is 21.5 Å². The van der Waals surface area contributed by atoms with Crippen LogP contribution in [0.5, 0.6) is 0 Å². The van der Waals surface area contributed by atoms with E-state index in [1.807, 2.05) is 0 Å². The minimum Gasteiger partial charge on any atom is -0.398 e. The zero-order valence-electron chi connectivity index (χ0n) is 9.71. The molecule has 0 aliphatic heterocycles. The van der Waals surface area contributed by atoms with E-state index in [-0.39, 0.29) is 22.4 Å². The Kier molecular flexibility index (Phi) is 3.10. The number of hydrogen-bond acceptors (Lipinski definition) is 2. The maximum atomic E-state index is 13.7. The van der Waals surface area contributed by atoms with Crippen LogP contribution in [0.3, 0.4) is 0 Å². The van der Waals surface area contributed by atoms with Crippen LogP contribution in [-0.4, -0.2) is 5.78 Å². The van der Waals surface area contributed by atoms with Gasteiger partial charge in [-0.15, -0.1) is 0 Å². The van der Waals surface area contributed by atoms with Crippen LogP contribution in [0, 0.1) is 18.6 Å². The summed E-state index contributed by atoms with van der Waals surface area (Å²) in [5.74, 6) is -2.76. The molecule has 0 aromatic heterocycles. The summed E-state index contributed by atoms with van der Waals surface area (Å²) >= 11 is 0. The van der Waals surface area contributed by atoms with Gasteiger partial charge in [-0.25, -0.2) is 8.78 Å². The van der Waals surface area contributed by atoms with Gasteiger partial charge >= 0.3 is 0 Å². The van der Waals surface area contributed by atoms with E-state index < -0.39 is 17.4 Å². The summed E-state index contributed by atoms with van der Waals surface area (Å²) in [6, 6.07) is 8.93. The summed E-state index contributed by atoms with van der Waals surface area (Å²) < 4.78 is 27.1. The molecule has 0 saturated carbocycles. The molecule has 2 aromatic rings. The molecular weight excluding hydrogens is 236 g/mol. The number of nitrogen functional groups attached to an aromatic ring is 1. The third-order valence-electron chi connectivity index (χ3n) is 2.73. The fraction of sp³-hybridized carbons (Fsp3) is 0.0714. The summed E-state index contributed by atoms with van der Waals surface area (Å²) in [7, 11) is 0. The Labute approximate surface area is 103 Å². The Morgan fingerprint density at radius 3 is 2.33 bits per heavy atom. The van der Waals surface area contributed by atoms with Crippen LogP contribution in [-0.2, 0) is 0 Å². The first-order valence-electron chi connectivity index (χ1n) is 5.36. The summed E-state index contributed by atoms with van der Waals surface area (Å²) in [5, 5.41) is 0. The van der Waals surface area contributed by atoms with E-state index in [0.717, 1.165) is 0 Å². The number of carbonyl (C=O) groups excluding carboxylic acids is 1. The molecule has 0 radical (unpaired) electrons. The number of hydrogen-bond donors (Lipinski definition) is 1. The Morgan fingerprint density at radius 1 is 1.00 bits per heavy atom. The van der Waals surface area contributed by atoms with Crippen LogP contribution < -0.4 is 5.73 Å². The van der Waals surface area contributed by atoms with E-state index in [9.17, 15) is 13.6 Å². The first-order valence-corrected chi connectivity index (χ1v) is 5.36. The van der Waals surface area contributed by atoms with Crippen molar-refractivity contribution in [3.8, 4) is 0 Å². The molecule has 0 saturated heterocycles. The second-order valence-corrected chi connectivity index (χ2v) is 3.97. The number of ketones is 1. The van der Waals surface area contributed by atoms with E-state index >= 15 is 0 Å². The molecule has 2 nitrogen and oxygen atoms in total. The highest BCUT2D eigenvalue weighted by atomic mass is 19.2. The minimum atomic E-state index is -1.14. The van der Waals surface area contributed by atoms with Crippen molar-refractivity contribution in [2.24, 2.45) is 0 Å². The predicted octanol–water partition coefficient (Wildman–Crippen LogP) is 3.09. The molecule has 0 heterocycles. The maximum absolute atomic E-state index is 13.7. The first-order chi connectivity index (χ1) is 8.52. The molecule has 0 unspecified atom stereocenters. The van der Waals surface area contributed by atoms with Crippen LogP contribution in [0.4, 0.5) is 14.5 Å². The molecule has 18 heavy (non-hydrogen) atoms. The summed E-state index contributed by atoms with van der Waals surface area (Å²) in [6.07, 6.45) is 0. The van der Waals surface area contributed by atoms with Crippen LogP contribution >= 0.6 is 0 Å². The van der Waals surface area contributed by atoms with Crippen LogP contribution in [0.2, 0.25) is 0 Å². The third kappa shape index (κ3) is 1.97. The Bertz CT molecular complexity index is 623.